The molecule has 1 saturated heterocycles. The minimum Gasteiger partial charge on any atom is -0.383 e. The molecule has 1 aromatic carbocycles. The van der Waals surface area contributed by atoms with Gasteiger partial charge in [-0.2, -0.15) is 0 Å². The predicted molar refractivity (Wildman–Crippen MR) is 120 cm³/mol. The van der Waals surface area contributed by atoms with E-state index in [1.807, 2.05) is 0 Å². The molecule has 2 N–H and O–H groups in total. The molecule has 1 aliphatic heterocycles. The minimum absolute atomic E-state index is 0.305. The lowest BCUT2D eigenvalue weighted by Crippen LogP contribution is -2.41. The van der Waals surface area contributed by atoms with Crippen LogP contribution in [0.3, 0.4) is 0 Å². The van der Waals surface area contributed by atoms with Crippen LogP contribution >= 0.6 is 0 Å². The number of guanidine groups is 1. The normalized spacial score (nSPS) is 16.0. The van der Waals surface area contributed by atoms with E-state index in [0.29, 0.717) is 12.6 Å². The lowest BCUT2D eigenvalue weighted by molar-refractivity contribution is 0.203. The monoisotopic (exact) mass is 413 g/mol. The number of aliphatic imine (C=N–C) groups is 1. The number of methoxy groups -OCH3 is 1. The third-order valence-corrected chi connectivity index (χ3v) is 5.44. The number of benzene rings is 1. The van der Waals surface area contributed by atoms with Gasteiger partial charge in [-0.3, -0.25) is 9.89 Å². The van der Waals surface area contributed by atoms with E-state index in [9.17, 15) is 0 Å². The molecule has 8 nitrogen and oxygen atoms in total. The fraction of sp³-hybridized carbons (Fsp3) is 0.591. The van der Waals surface area contributed by atoms with Gasteiger partial charge < -0.3 is 19.9 Å². The third-order valence-electron chi connectivity index (χ3n) is 5.44. The van der Waals surface area contributed by atoms with Crippen LogP contribution < -0.4 is 10.6 Å². The topological polar surface area (TPSA) is 79.6 Å². The number of nitrogens with zero attached hydrogens (tertiary/aromatic N) is 5. The molecule has 1 aliphatic rings. The molecule has 1 atom stereocenters. The highest BCUT2D eigenvalue weighted by molar-refractivity contribution is 5.79. The molecule has 1 fully saturated rings. The van der Waals surface area contributed by atoms with Crippen molar-refractivity contribution >= 4 is 5.96 Å². The van der Waals surface area contributed by atoms with E-state index < -0.39 is 0 Å². The summed E-state index contributed by atoms with van der Waals surface area (Å²) in [4.78, 5) is 7.49. The maximum absolute atomic E-state index is 5.19. The van der Waals surface area contributed by atoms with Gasteiger partial charge in [-0.05, 0) is 31.5 Å². The number of hydrogen-bond donors (Lipinski definition) is 2. The second kappa shape index (κ2) is 12.3. The summed E-state index contributed by atoms with van der Waals surface area (Å²) in [7, 11) is 1.71. The first-order valence-corrected chi connectivity index (χ1v) is 11.0. The summed E-state index contributed by atoms with van der Waals surface area (Å²) < 4.78 is 7.27. The molecule has 0 bridgehead atoms. The molecule has 2 aromatic rings. The molecule has 8 heteroatoms. The standard InChI is InChI=1S/C22H35N7O/c1-3-21-27-26-18-29(21)15-11-23-22(24-12-16-30-2)25-17-20(28-13-7-8-14-28)19-9-5-4-6-10-19/h4-6,9-10,18,20H,3,7-8,11-17H2,1-2H3,(H2,23,24,25). The van der Waals surface area contributed by atoms with Gasteiger partial charge in [0.15, 0.2) is 5.96 Å². The van der Waals surface area contributed by atoms with Crippen LogP contribution in [-0.2, 0) is 17.7 Å². The van der Waals surface area contributed by atoms with Gasteiger partial charge in [0.2, 0.25) is 0 Å². The first-order valence-electron chi connectivity index (χ1n) is 11.0. The largest absolute Gasteiger partial charge is 0.383 e. The number of aromatic nitrogens is 3. The average Bonchev–Trinajstić information content (AvgIpc) is 3.46. The van der Waals surface area contributed by atoms with E-state index in [4.69, 9.17) is 9.73 Å². The zero-order valence-corrected chi connectivity index (χ0v) is 18.3. The predicted octanol–water partition coefficient (Wildman–Crippen LogP) is 1.86. The van der Waals surface area contributed by atoms with E-state index in [0.717, 1.165) is 57.5 Å². The Hall–Kier alpha value is -2.45. The van der Waals surface area contributed by atoms with Crippen LogP contribution in [0.15, 0.2) is 41.7 Å². The number of nitrogens with one attached hydrogen (secondary N) is 2. The van der Waals surface area contributed by atoms with Gasteiger partial charge in [0, 0.05) is 33.2 Å². The quantitative estimate of drug-likeness (QED) is 0.333. The van der Waals surface area contributed by atoms with Crippen molar-refractivity contribution in [3.05, 3.63) is 48.0 Å². The summed E-state index contributed by atoms with van der Waals surface area (Å²) in [6.07, 6.45) is 5.20. The van der Waals surface area contributed by atoms with Gasteiger partial charge in [-0.15, -0.1) is 10.2 Å². The van der Waals surface area contributed by atoms with Crippen molar-refractivity contribution in [2.75, 3.05) is 46.4 Å². The lowest BCUT2D eigenvalue weighted by Gasteiger charge is -2.27. The summed E-state index contributed by atoms with van der Waals surface area (Å²) in [6, 6.07) is 11.0. The summed E-state index contributed by atoms with van der Waals surface area (Å²) >= 11 is 0. The molecule has 0 saturated carbocycles. The first kappa shape index (κ1) is 22.2. The molecule has 3 rings (SSSR count). The SMILES string of the molecule is CCc1nncn1CCNC(=NCC(c1ccccc1)N1CCCC1)NCCOC. The Morgan fingerprint density at radius 2 is 1.93 bits per heavy atom. The summed E-state index contributed by atoms with van der Waals surface area (Å²) in [5.41, 5.74) is 1.33. The Bertz CT molecular complexity index is 756. The molecule has 0 aliphatic carbocycles. The number of ether oxygens (including phenoxy) is 1. The Morgan fingerprint density at radius 1 is 1.17 bits per heavy atom. The Kier molecular flexibility index (Phi) is 9.11. The smallest absolute Gasteiger partial charge is 0.191 e. The van der Waals surface area contributed by atoms with Crippen LogP contribution in [0, 0.1) is 0 Å². The summed E-state index contributed by atoms with van der Waals surface area (Å²) in [5, 5.41) is 15.0. The van der Waals surface area contributed by atoms with Gasteiger partial charge in [0.05, 0.1) is 19.2 Å². The van der Waals surface area contributed by atoms with E-state index >= 15 is 0 Å². The van der Waals surface area contributed by atoms with Crippen molar-refractivity contribution in [3.63, 3.8) is 0 Å². The Morgan fingerprint density at radius 3 is 2.67 bits per heavy atom. The summed E-state index contributed by atoms with van der Waals surface area (Å²) in [5.74, 6) is 1.82. The minimum atomic E-state index is 0.305. The molecule has 164 valence electrons. The Balaban J connectivity index is 1.64. The maximum Gasteiger partial charge on any atom is 0.191 e. The molecule has 0 spiro atoms. The third kappa shape index (κ3) is 6.53. The molecule has 1 unspecified atom stereocenters. The second-order valence-electron chi connectivity index (χ2n) is 7.50. The highest BCUT2D eigenvalue weighted by Gasteiger charge is 2.23. The van der Waals surface area contributed by atoms with Crippen LogP contribution in [0.2, 0.25) is 0 Å². The van der Waals surface area contributed by atoms with Crippen LogP contribution in [0.25, 0.3) is 0 Å². The zero-order chi connectivity index (χ0) is 21.0. The van der Waals surface area contributed by atoms with Crippen LogP contribution in [-0.4, -0.2) is 72.1 Å². The number of aryl methyl sites for hydroxylation is 1. The van der Waals surface area contributed by atoms with Crippen molar-refractivity contribution in [3.8, 4) is 0 Å². The van der Waals surface area contributed by atoms with E-state index in [1.54, 1.807) is 13.4 Å². The fourth-order valence-corrected chi connectivity index (χ4v) is 3.82. The van der Waals surface area contributed by atoms with Crippen LogP contribution in [0.1, 0.15) is 37.2 Å². The van der Waals surface area contributed by atoms with Gasteiger partial charge in [-0.25, -0.2) is 0 Å². The van der Waals surface area contributed by atoms with Crippen molar-refractivity contribution < 1.29 is 4.74 Å². The number of likely N-dealkylation sites (tertiary alicyclic amines) is 1. The van der Waals surface area contributed by atoms with E-state index in [1.165, 1.54) is 18.4 Å². The van der Waals surface area contributed by atoms with Crippen molar-refractivity contribution in [2.24, 2.45) is 4.99 Å². The van der Waals surface area contributed by atoms with Gasteiger partial charge >= 0.3 is 0 Å². The molecule has 2 heterocycles. The molecule has 0 radical (unpaired) electrons. The fourth-order valence-electron chi connectivity index (χ4n) is 3.82. The molecular weight excluding hydrogens is 378 g/mol. The van der Waals surface area contributed by atoms with Crippen molar-refractivity contribution in [2.45, 2.75) is 38.8 Å². The maximum atomic E-state index is 5.19. The zero-order valence-electron chi connectivity index (χ0n) is 18.3. The van der Waals surface area contributed by atoms with Gasteiger partial charge in [-0.1, -0.05) is 37.3 Å². The lowest BCUT2D eigenvalue weighted by atomic mass is 10.1. The Labute approximate surface area is 179 Å². The molecule has 1 aromatic heterocycles. The van der Waals surface area contributed by atoms with Gasteiger partial charge in [0.25, 0.3) is 0 Å². The van der Waals surface area contributed by atoms with E-state index in [-0.39, 0.29) is 0 Å². The van der Waals surface area contributed by atoms with Crippen LogP contribution in [0.4, 0.5) is 0 Å². The number of hydrogen-bond acceptors (Lipinski definition) is 5. The first-order chi connectivity index (χ1) is 14.8. The highest BCUT2D eigenvalue weighted by Crippen LogP contribution is 2.25. The highest BCUT2D eigenvalue weighted by atomic mass is 16.5. The molecular formula is C22H35N7O. The van der Waals surface area contributed by atoms with Gasteiger partial charge in [0.1, 0.15) is 12.2 Å². The molecule has 0 amide bonds. The van der Waals surface area contributed by atoms with E-state index in [2.05, 4.69) is 67.6 Å². The second-order valence-corrected chi connectivity index (χ2v) is 7.50. The molecule has 30 heavy (non-hydrogen) atoms. The summed E-state index contributed by atoms with van der Waals surface area (Å²) in [6.45, 7) is 8.01. The van der Waals surface area contributed by atoms with Crippen molar-refractivity contribution in [1.82, 2.24) is 30.3 Å². The van der Waals surface area contributed by atoms with Crippen molar-refractivity contribution in [1.29, 1.82) is 0 Å². The average molecular weight is 414 g/mol. The number of rotatable bonds is 11. The van der Waals surface area contributed by atoms with Crippen LogP contribution in [0.5, 0.6) is 0 Å².